The zero-order chi connectivity index (χ0) is 23.5. The molecule has 1 amide bonds. The number of halogens is 5. The number of alkyl halides is 3. The number of esters is 1. The predicted octanol–water partition coefficient (Wildman–Crippen LogP) is 5.19. The highest BCUT2D eigenvalue weighted by Crippen LogP contribution is 2.31. The van der Waals surface area contributed by atoms with Gasteiger partial charge in [0, 0.05) is 19.3 Å². The van der Waals surface area contributed by atoms with Gasteiger partial charge in [-0.3, -0.25) is 9.59 Å². The topological polar surface area (TPSA) is 71.5 Å². The number of carbonyl (C=O) groups excluding carboxylic acids is 2. The van der Waals surface area contributed by atoms with Crippen LogP contribution in [-0.4, -0.2) is 36.1 Å². The van der Waals surface area contributed by atoms with E-state index in [-0.39, 0.29) is 10.0 Å². The second-order valence-electron chi connectivity index (χ2n) is 7.33. The molecule has 0 saturated carbocycles. The Hall–Kier alpha value is -2.52. The summed E-state index contributed by atoms with van der Waals surface area (Å²) < 4.78 is 43.3. The van der Waals surface area contributed by atoms with Crippen LogP contribution in [-0.2, 0) is 20.5 Å². The summed E-state index contributed by atoms with van der Waals surface area (Å²) in [5.41, 5.74) is -0.504. The molecule has 1 aromatic carbocycles. The molecule has 1 aliphatic rings. The number of aromatic nitrogens is 1. The van der Waals surface area contributed by atoms with Crippen molar-refractivity contribution in [3.05, 3.63) is 52.1 Å². The van der Waals surface area contributed by atoms with Crippen molar-refractivity contribution in [1.82, 2.24) is 4.98 Å². The molecule has 6 nitrogen and oxygen atoms in total. The predicted molar refractivity (Wildman–Crippen MR) is 115 cm³/mol. The third kappa shape index (κ3) is 5.83. The van der Waals surface area contributed by atoms with Crippen LogP contribution < -0.4 is 10.2 Å². The second kappa shape index (κ2) is 9.95. The summed E-state index contributed by atoms with van der Waals surface area (Å²) in [6, 6.07) is 7.07. The molecule has 1 aliphatic heterocycles. The summed E-state index contributed by atoms with van der Waals surface area (Å²) in [6.07, 6.45) is -3.84. The largest absolute Gasteiger partial charge is 0.452 e. The lowest BCUT2D eigenvalue weighted by atomic mass is 9.97. The first-order valence-corrected chi connectivity index (χ1v) is 10.6. The molecule has 172 valence electrons. The fraction of sp³-hybridized carbons (Fsp3) is 0.381. The minimum atomic E-state index is -4.44. The van der Waals surface area contributed by atoms with E-state index in [9.17, 15) is 22.8 Å². The van der Waals surface area contributed by atoms with Gasteiger partial charge in [0.2, 0.25) is 0 Å². The second-order valence-corrected chi connectivity index (χ2v) is 8.12. The van der Waals surface area contributed by atoms with Gasteiger partial charge in [0.15, 0.2) is 6.10 Å². The summed E-state index contributed by atoms with van der Waals surface area (Å²) in [5.74, 6) is -1.07. The smallest absolute Gasteiger partial charge is 0.417 e. The van der Waals surface area contributed by atoms with Crippen LogP contribution in [0.25, 0.3) is 0 Å². The van der Waals surface area contributed by atoms with Gasteiger partial charge in [-0.1, -0.05) is 29.3 Å². The monoisotopic (exact) mass is 489 g/mol. The van der Waals surface area contributed by atoms with Gasteiger partial charge in [-0.25, -0.2) is 4.98 Å². The van der Waals surface area contributed by atoms with E-state index in [0.717, 1.165) is 12.3 Å². The molecule has 0 aliphatic carbocycles. The van der Waals surface area contributed by atoms with Gasteiger partial charge in [-0.15, -0.1) is 0 Å². The van der Waals surface area contributed by atoms with Crippen molar-refractivity contribution in [2.75, 3.05) is 23.3 Å². The number of piperidine rings is 1. The quantitative estimate of drug-likeness (QED) is 0.584. The summed E-state index contributed by atoms with van der Waals surface area (Å²) in [7, 11) is 0. The molecule has 1 aromatic heterocycles. The molecule has 32 heavy (non-hydrogen) atoms. The third-order valence-electron chi connectivity index (χ3n) is 5.10. The Morgan fingerprint density at radius 2 is 1.88 bits per heavy atom. The van der Waals surface area contributed by atoms with Crippen LogP contribution in [0.3, 0.4) is 0 Å². The summed E-state index contributed by atoms with van der Waals surface area (Å²) in [6.45, 7) is 2.31. The number of ether oxygens (including phenoxy) is 1. The van der Waals surface area contributed by atoms with Crippen molar-refractivity contribution in [2.45, 2.75) is 32.0 Å². The molecular weight excluding hydrogens is 470 g/mol. The molecule has 2 heterocycles. The van der Waals surface area contributed by atoms with E-state index in [4.69, 9.17) is 27.9 Å². The number of nitrogens with one attached hydrogen (secondary N) is 1. The molecule has 2 aromatic rings. The maximum Gasteiger partial charge on any atom is 0.417 e. The Balaban J connectivity index is 1.50. The number of anilines is 2. The molecule has 1 atom stereocenters. The van der Waals surface area contributed by atoms with Gasteiger partial charge < -0.3 is 15.0 Å². The lowest BCUT2D eigenvalue weighted by Gasteiger charge is -2.32. The van der Waals surface area contributed by atoms with Crippen LogP contribution in [0.4, 0.5) is 24.7 Å². The molecular formula is C21H20Cl2F3N3O3. The van der Waals surface area contributed by atoms with E-state index in [1.54, 1.807) is 23.1 Å². The molecule has 0 spiro atoms. The van der Waals surface area contributed by atoms with Crippen molar-refractivity contribution < 1.29 is 27.5 Å². The fourth-order valence-corrected chi connectivity index (χ4v) is 3.59. The van der Waals surface area contributed by atoms with Crippen molar-refractivity contribution in [3.8, 4) is 0 Å². The molecule has 0 bridgehead atoms. The highest BCUT2D eigenvalue weighted by molar-refractivity contribution is 6.44. The zero-order valence-electron chi connectivity index (χ0n) is 17.0. The average Bonchev–Trinajstić information content (AvgIpc) is 2.76. The Bertz CT molecular complexity index is 978. The minimum Gasteiger partial charge on any atom is -0.452 e. The van der Waals surface area contributed by atoms with Crippen LogP contribution in [0.5, 0.6) is 0 Å². The molecule has 11 heteroatoms. The van der Waals surface area contributed by atoms with E-state index >= 15 is 0 Å². The Kier molecular flexibility index (Phi) is 7.51. The number of carbonyl (C=O) groups is 2. The number of hydrogen-bond donors (Lipinski definition) is 1. The van der Waals surface area contributed by atoms with Crippen LogP contribution in [0, 0.1) is 5.92 Å². The molecule has 0 radical (unpaired) electrons. The number of hydrogen-bond acceptors (Lipinski definition) is 5. The van der Waals surface area contributed by atoms with Gasteiger partial charge in [0.1, 0.15) is 5.82 Å². The lowest BCUT2D eigenvalue weighted by molar-refractivity contribution is -0.158. The van der Waals surface area contributed by atoms with Crippen LogP contribution in [0.2, 0.25) is 10.0 Å². The highest BCUT2D eigenvalue weighted by atomic mass is 35.5. The number of benzene rings is 1. The van der Waals surface area contributed by atoms with Gasteiger partial charge >= 0.3 is 12.1 Å². The van der Waals surface area contributed by atoms with E-state index in [2.05, 4.69) is 10.3 Å². The maximum absolute atomic E-state index is 12.7. The molecule has 0 unspecified atom stereocenters. The van der Waals surface area contributed by atoms with E-state index in [1.165, 1.54) is 13.0 Å². The van der Waals surface area contributed by atoms with Crippen LogP contribution >= 0.6 is 23.2 Å². The fourth-order valence-electron chi connectivity index (χ4n) is 3.24. The highest BCUT2D eigenvalue weighted by Gasteiger charge is 2.32. The third-order valence-corrected chi connectivity index (χ3v) is 5.92. The van der Waals surface area contributed by atoms with Crippen LogP contribution in [0.1, 0.15) is 25.3 Å². The molecule has 1 fully saturated rings. The maximum atomic E-state index is 12.7. The van der Waals surface area contributed by atoms with Crippen molar-refractivity contribution in [2.24, 2.45) is 5.92 Å². The van der Waals surface area contributed by atoms with Crippen LogP contribution in [0.15, 0.2) is 36.5 Å². The Labute approximate surface area is 192 Å². The number of rotatable bonds is 5. The van der Waals surface area contributed by atoms with Gasteiger partial charge in [-0.05, 0) is 44.0 Å². The van der Waals surface area contributed by atoms with Crippen molar-refractivity contribution in [3.63, 3.8) is 0 Å². The normalized spacial score (nSPS) is 15.9. The van der Waals surface area contributed by atoms with E-state index in [0.29, 0.717) is 37.4 Å². The first kappa shape index (κ1) is 24.1. The summed E-state index contributed by atoms with van der Waals surface area (Å²) >= 11 is 12.0. The van der Waals surface area contributed by atoms with Gasteiger partial charge in [-0.2, -0.15) is 13.2 Å². The Morgan fingerprint density at radius 3 is 2.47 bits per heavy atom. The first-order valence-electron chi connectivity index (χ1n) is 9.80. The standard InChI is InChI=1S/C21H20Cl2F3N3O3/c1-12(19(30)28-16-4-2-3-15(22)18(16)23)32-20(31)13-7-9-29(10-8-13)17-6-5-14(11-27-17)21(24,25)26/h2-6,11-13H,7-10H2,1H3,(H,28,30)/t12-/m0/s1. The van der Waals surface area contributed by atoms with E-state index < -0.39 is 35.6 Å². The summed E-state index contributed by atoms with van der Waals surface area (Å²) in [5, 5.41) is 3.04. The molecule has 1 N–H and O–H groups in total. The number of nitrogens with zero attached hydrogens (tertiary/aromatic N) is 2. The zero-order valence-corrected chi connectivity index (χ0v) is 18.5. The minimum absolute atomic E-state index is 0.185. The van der Waals surface area contributed by atoms with Gasteiger partial charge in [0.05, 0.1) is 27.2 Å². The number of amides is 1. The lowest BCUT2D eigenvalue weighted by Crippen LogP contribution is -2.39. The SMILES string of the molecule is C[C@H](OC(=O)C1CCN(c2ccc(C(F)(F)F)cn2)CC1)C(=O)Nc1cccc(Cl)c1Cl. The summed E-state index contributed by atoms with van der Waals surface area (Å²) in [4.78, 5) is 30.5. The molecule has 1 saturated heterocycles. The van der Waals surface area contributed by atoms with Gasteiger partial charge in [0.25, 0.3) is 5.91 Å². The van der Waals surface area contributed by atoms with Crippen molar-refractivity contribution >= 4 is 46.6 Å². The molecule has 3 rings (SSSR count). The van der Waals surface area contributed by atoms with Crippen molar-refractivity contribution in [1.29, 1.82) is 0 Å². The Morgan fingerprint density at radius 1 is 1.19 bits per heavy atom. The average molecular weight is 490 g/mol. The number of pyridine rings is 1. The first-order chi connectivity index (χ1) is 15.1. The van der Waals surface area contributed by atoms with E-state index in [1.807, 2.05) is 0 Å².